The van der Waals surface area contributed by atoms with E-state index in [1.807, 2.05) is 36.4 Å². The summed E-state index contributed by atoms with van der Waals surface area (Å²) in [6, 6.07) is 18.1. The van der Waals surface area contributed by atoms with Crippen LogP contribution < -0.4 is 0 Å². The van der Waals surface area contributed by atoms with Crippen molar-refractivity contribution in [3.05, 3.63) is 71.8 Å². The van der Waals surface area contributed by atoms with E-state index in [2.05, 4.69) is 0 Å². The molecule has 0 atom stereocenters. The van der Waals surface area contributed by atoms with Gasteiger partial charge in [-0.1, -0.05) is 60.7 Å². The highest BCUT2D eigenvalue weighted by Crippen LogP contribution is 2.10. The first kappa shape index (κ1) is 12.8. The Balaban J connectivity index is 2.22. The summed E-state index contributed by atoms with van der Waals surface area (Å²) < 4.78 is 0. The Morgan fingerprint density at radius 3 is 2.05 bits per heavy atom. The van der Waals surface area contributed by atoms with Crippen LogP contribution in [0.3, 0.4) is 0 Å². The van der Waals surface area contributed by atoms with Gasteiger partial charge in [-0.05, 0) is 5.56 Å². The zero-order valence-electron chi connectivity index (χ0n) is 10.3. The summed E-state index contributed by atoms with van der Waals surface area (Å²) in [5, 5.41) is 17.3. The standard InChI is InChI=1S/C15H14N2O2/c16-14(13-9-5-2-6-10-13)17(15(18)19)11-12-7-3-1-4-8-12/h1-10,16H,11H2,(H,18,19). The van der Waals surface area contributed by atoms with Crippen LogP contribution in [0.5, 0.6) is 0 Å². The lowest BCUT2D eigenvalue weighted by Crippen LogP contribution is -2.35. The van der Waals surface area contributed by atoms with Crippen molar-refractivity contribution in [2.75, 3.05) is 0 Å². The maximum Gasteiger partial charge on any atom is 0.413 e. The lowest BCUT2D eigenvalue weighted by Gasteiger charge is -2.20. The number of nitrogens with zero attached hydrogens (tertiary/aromatic N) is 1. The Labute approximate surface area is 111 Å². The van der Waals surface area contributed by atoms with E-state index in [0.717, 1.165) is 10.5 Å². The van der Waals surface area contributed by atoms with Gasteiger partial charge in [0.1, 0.15) is 5.84 Å². The van der Waals surface area contributed by atoms with Gasteiger partial charge in [0.25, 0.3) is 0 Å². The van der Waals surface area contributed by atoms with Crippen LogP contribution in [0.2, 0.25) is 0 Å². The Morgan fingerprint density at radius 2 is 1.53 bits per heavy atom. The first-order chi connectivity index (χ1) is 9.18. The molecule has 1 amide bonds. The van der Waals surface area contributed by atoms with Crippen LogP contribution in [0.15, 0.2) is 60.7 Å². The Morgan fingerprint density at radius 1 is 1.00 bits per heavy atom. The molecule has 2 N–H and O–H groups in total. The molecule has 0 aliphatic rings. The first-order valence-corrected chi connectivity index (χ1v) is 5.87. The number of amides is 1. The molecular formula is C15H14N2O2. The van der Waals surface area contributed by atoms with Gasteiger partial charge >= 0.3 is 6.09 Å². The van der Waals surface area contributed by atoms with E-state index in [9.17, 15) is 9.90 Å². The molecule has 4 heteroatoms. The highest BCUT2D eigenvalue weighted by molar-refractivity contribution is 6.04. The topological polar surface area (TPSA) is 64.4 Å². The summed E-state index contributed by atoms with van der Waals surface area (Å²) in [7, 11) is 0. The van der Waals surface area contributed by atoms with E-state index >= 15 is 0 Å². The van der Waals surface area contributed by atoms with Crippen molar-refractivity contribution in [1.29, 1.82) is 5.41 Å². The maximum absolute atomic E-state index is 11.3. The number of hydrogen-bond donors (Lipinski definition) is 2. The Hall–Kier alpha value is -2.62. The van der Waals surface area contributed by atoms with Gasteiger partial charge in [0.15, 0.2) is 0 Å². The summed E-state index contributed by atoms with van der Waals surface area (Å²) in [6.45, 7) is 0.171. The Kier molecular flexibility index (Phi) is 3.93. The molecule has 2 aromatic carbocycles. The molecule has 0 saturated carbocycles. The van der Waals surface area contributed by atoms with Crippen molar-refractivity contribution >= 4 is 11.9 Å². The minimum atomic E-state index is -1.13. The van der Waals surface area contributed by atoms with Gasteiger partial charge in [-0.3, -0.25) is 10.3 Å². The average molecular weight is 254 g/mol. The quantitative estimate of drug-likeness (QED) is 0.652. The minimum absolute atomic E-state index is 0.0167. The maximum atomic E-state index is 11.3. The van der Waals surface area contributed by atoms with Crippen molar-refractivity contribution in [2.45, 2.75) is 6.54 Å². The molecule has 0 heterocycles. The molecular weight excluding hydrogens is 240 g/mol. The molecule has 0 unspecified atom stereocenters. The van der Waals surface area contributed by atoms with Crippen LogP contribution in [0.1, 0.15) is 11.1 Å². The third-order valence-corrected chi connectivity index (χ3v) is 2.73. The summed E-state index contributed by atoms with van der Waals surface area (Å²) >= 11 is 0. The van der Waals surface area contributed by atoms with Gasteiger partial charge in [-0.2, -0.15) is 0 Å². The second-order valence-corrected chi connectivity index (χ2v) is 4.07. The van der Waals surface area contributed by atoms with E-state index in [0.29, 0.717) is 5.56 Å². The van der Waals surface area contributed by atoms with E-state index in [-0.39, 0.29) is 12.4 Å². The number of amidine groups is 1. The second kappa shape index (κ2) is 5.82. The molecule has 96 valence electrons. The van der Waals surface area contributed by atoms with Gasteiger partial charge in [0, 0.05) is 5.56 Å². The minimum Gasteiger partial charge on any atom is -0.465 e. The molecule has 0 saturated heterocycles. The number of carboxylic acid groups (broad SMARTS) is 1. The van der Waals surface area contributed by atoms with E-state index < -0.39 is 6.09 Å². The van der Waals surface area contributed by atoms with E-state index in [1.165, 1.54) is 0 Å². The fourth-order valence-corrected chi connectivity index (χ4v) is 1.76. The van der Waals surface area contributed by atoms with E-state index in [1.54, 1.807) is 24.3 Å². The number of hydrogen-bond acceptors (Lipinski definition) is 2. The molecule has 0 fully saturated rings. The second-order valence-electron chi connectivity index (χ2n) is 4.07. The number of carbonyl (C=O) groups is 1. The van der Waals surface area contributed by atoms with Crippen molar-refractivity contribution in [3.8, 4) is 0 Å². The van der Waals surface area contributed by atoms with Crippen molar-refractivity contribution < 1.29 is 9.90 Å². The van der Waals surface area contributed by atoms with Crippen LogP contribution in [-0.2, 0) is 6.54 Å². The first-order valence-electron chi connectivity index (χ1n) is 5.87. The molecule has 19 heavy (non-hydrogen) atoms. The fraction of sp³-hybridized carbons (Fsp3) is 0.0667. The summed E-state index contributed by atoms with van der Waals surface area (Å²) in [6.07, 6.45) is -1.13. The van der Waals surface area contributed by atoms with Crippen LogP contribution in [0.25, 0.3) is 0 Å². The average Bonchev–Trinajstić information content (AvgIpc) is 2.46. The molecule has 0 radical (unpaired) electrons. The molecule has 0 aliphatic carbocycles. The van der Waals surface area contributed by atoms with Crippen molar-refractivity contribution in [3.63, 3.8) is 0 Å². The highest BCUT2D eigenvalue weighted by atomic mass is 16.4. The summed E-state index contributed by atoms with van der Waals surface area (Å²) in [4.78, 5) is 12.3. The summed E-state index contributed by atoms with van der Waals surface area (Å²) in [5.41, 5.74) is 1.44. The van der Waals surface area contributed by atoms with Gasteiger partial charge in [-0.15, -0.1) is 0 Å². The largest absolute Gasteiger partial charge is 0.465 e. The molecule has 2 rings (SSSR count). The third-order valence-electron chi connectivity index (χ3n) is 2.73. The van der Waals surface area contributed by atoms with Gasteiger partial charge in [0.2, 0.25) is 0 Å². The SMILES string of the molecule is N=C(c1ccccc1)N(Cc1ccccc1)C(=O)O. The smallest absolute Gasteiger partial charge is 0.413 e. The van der Waals surface area contributed by atoms with Gasteiger partial charge < -0.3 is 5.11 Å². The lowest BCUT2D eigenvalue weighted by atomic mass is 10.1. The van der Waals surface area contributed by atoms with Crippen molar-refractivity contribution in [2.24, 2.45) is 0 Å². The molecule has 0 aromatic heterocycles. The molecule has 4 nitrogen and oxygen atoms in total. The molecule has 0 bridgehead atoms. The van der Waals surface area contributed by atoms with Gasteiger partial charge in [-0.25, -0.2) is 4.79 Å². The van der Waals surface area contributed by atoms with Crippen LogP contribution in [0.4, 0.5) is 4.79 Å². The summed E-state index contributed by atoms with van der Waals surface area (Å²) in [5.74, 6) is -0.0167. The predicted molar refractivity (Wildman–Crippen MR) is 73.3 cm³/mol. The zero-order valence-corrected chi connectivity index (χ0v) is 10.3. The van der Waals surface area contributed by atoms with Gasteiger partial charge in [0.05, 0.1) is 6.54 Å². The number of nitrogens with one attached hydrogen (secondary N) is 1. The number of benzene rings is 2. The zero-order chi connectivity index (χ0) is 13.7. The third kappa shape index (κ3) is 3.19. The van der Waals surface area contributed by atoms with Crippen molar-refractivity contribution in [1.82, 2.24) is 4.90 Å². The lowest BCUT2D eigenvalue weighted by molar-refractivity contribution is 0.167. The number of rotatable bonds is 3. The Bertz CT molecular complexity index is 567. The van der Waals surface area contributed by atoms with Crippen LogP contribution >= 0.6 is 0 Å². The fourth-order valence-electron chi connectivity index (χ4n) is 1.76. The van der Waals surface area contributed by atoms with Crippen LogP contribution in [-0.4, -0.2) is 21.9 Å². The molecule has 0 spiro atoms. The normalized spacial score (nSPS) is 9.89. The van der Waals surface area contributed by atoms with Crippen LogP contribution in [0, 0.1) is 5.41 Å². The van der Waals surface area contributed by atoms with E-state index in [4.69, 9.17) is 5.41 Å². The highest BCUT2D eigenvalue weighted by Gasteiger charge is 2.18. The monoisotopic (exact) mass is 254 g/mol. The predicted octanol–water partition coefficient (Wildman–Crippen LogP) is 3.19. The molecule has 0 aliphatic heterocycles. The molecule has 2 aromatic rings.